The Balaban J connectivity index is 2.87. The van der Waals surface area contributed by atoms with Crippen LogP contribution in [0.1, 0.15) is 0 Å². The first-order valence-corrected chi connectivity index (χ1v) is 5.10. The molecule has 0 aliphatic heterocycles. The zero-order valence-electron chi connectivity index (χ0n) is 7.64. The van der Waals surface area contributed by atoms with E-state index in [1.807, 2.05) is 0 Å². The predicted octanol–water partition coefficient (Wildman–Crippen LogP) is 3.00. The molecule has 0 aliphatic carbocycles. The molecule has 0 aromatic heterocycles. The van der Waals surface area contributed by atoms with E-state index in [2.05, 4.69) is 38.2 Å². The molecular formula is C8H6BrF3N2OS. The Morgan fingerprint density at radius 1 is 1.44 bits per heavy atom. The zero-order chi connectivity index (χ0) is 12.3. The van der Waals surface area contributed by atoms with Crippen molar-refractivity contribution in [3.05, 3.63) is 22.7 Å². The SMILES string of the molecule is NC(=S)Nc1ccc(OC(F)(F)F)cc1Br. The van der Waals surface area contributed by atoms with E-state index in [0.29, 0.717) is 10.2 Å². The van der Waals surface area contributed by atoms with E-state index < -0.39 is 6.36 Å². The van der Waals surface area contributed by atoms with Crippen molar-refractivity contribution in [2.75, 3.05) is 5.32 Å². The third kappa shape index (κ3) is 4.23. The van der Waals surface area contributed by atoms with E-state index in [1.165, 1.54) is 6.07 Å². The molecule has 0 spiro atoms. The molecule has 1 rings (SSSR count). The Morgan fingerprint density at radius 2 is 2.06 bits per heavy atom. The standard InChI is InChI=1S/C8H6BrF3N2OS/c9-5-3-4(15-8(10,11)12)1-2-6(5)14-7(13)16/h1-3H,(H3,13,14,16). The van der Waals surface area contributed by atoms with Crippen LogP contribution >= 0.6 is 28.1 Å². The van der Waals surface area contributed by atoms with E-state index >= 15 is 0 Å². The summed E-state index contributed by atoms with van der Waals surface area (Å²) in [4.78, 5) is 0. The molecule has 8 heteroatoms. The fraction of sp³-hybridized carbons (Fsp3) is 0.125. The molecule has 3 nitrogen and oxygen atoms in total. The highest BCUT2D eigenvalue weighted by atomic mass is 79.9. The third-order valence-corrected chi connectivity index (χ3v) is 2.19. The summed E-state index contributed by atoms with van der Waals surface area (Å²) in [5, 5.41) is 2.61. The van der Waals surface area contributed by atoms with Gasteiger partial charge in [0.1, 0.15) is 5.75 Å². The summed E-state index contributed by atoms with van der Waals surface area (Å²) < 4.78 is 39.8. The van der Waals surface area contributed by atoms with Crippen LogP contribution in [-0.2, 0) is 0 Å². The topological polar surface area (TPSA) is 47.3 Å². The number of nitrogens with one attached hydrogen (secondary N) is 1. The molecule has 88 valence electrons. The minimum Gasteiger partial charge on any atom is -0.406 e. The highest BCUT2D eigenvalue weighted by molar-refractivity contribution is 9.10. The first kappa shape index (κ1) is 13.0. The van der Waals surface area contributed by atoms with Crippen molar-refractivity contribution >= 4 is 38.9 Å². The number of rotatable bonds is 2. The molecule has 0 unspecified atom stereocenters. The minimum absolute atomic E-state index is 0.0187. The van der Waals surface area contributed by atoms with Gasteiger partial charge >= 0.3 is 6.36 Å². The third-order valence-electron chi connectivity index (χ3n) is 1.43. The molecule has 0 amide bonds. The lowest BCUT2D eigenvalue weighted by atomic mass is 10.3. The van der Waals surface area contributed by atoms with E-state index in [1.54, 1.807) is 0 Å². The number of ether oxygens (including phenoxy) is 1. The maximum Gasteiger partial charge on any atom is 0.573 e. The molecular weight excluding hydrogens is 309 g/mol. The molecule has 3 N–H and O–H groups in total. The lowest BCUT2D eigenvalue weighted by molar-refractivity contribution is -0.274. The highest BCUT2D eigenvalue weighted by Crippen LogP contribution is 2.30. The van der Waals surface area contributed by atoms with Crippen LogP contribution in [-0.4, -0.2) is 11.5 Å². The molecule has 0 saturated heterocycles. The van der Waals surface area contributed by atoms with Gasteiger partial charge in [0.15, 0.2) is 5.11 Å². The van der Waals surface area contributed by atoms with Crippen LogP contribution in [0.4, 0.5) is 18.9 Å². The van der Waals surface area contributed by atoms with E-state index in [-0.39, 0.29) is 10.9 Å². The van der Waals surface area contributed by atoms with E-state index in [9.17, 15) is 13.2 Å². The van der Waals surface area contributed by atoms with Gasteiger partial charge < -0.3 is 15.8 Å². The molecule has 16 heavy (non-hydrogen) atoms. The predicted molar refractivity (Wildman–Crippen MR) is 61.2 cm³/mol. The number of alkyl halides is 3. The largest absolute Gasteiger partial charge is 0.573 e. The number of nitrogens with two attached hydrogens (primary N) is 1. The van der Waals surface area contributed by atoms with E-state index in [0.717, 1.165) is 12.1 Å². The van der Waals surface area contributed by atoms with Gasteiger partial charge in [-0.2, -0.15) is 0 Å². The Kier molecular flexibility index (Phi) is 3.98. The van der Waals surface area contributed by atoms with Gasteiger partial charge in [0.25, 0.3) is 0 Å². The van der Waals surface area contributed by atoms with Crippen molar-refractivity contribution in [2.24, 2.45) is 5.73 Å². The molecule has 0 atom stereocenters. The van der Waals surface area contributed by atoms with Crippen LogP contribution < -0.4 is 15.8 Å². The summed E-state index contributed by atoms with van der Waals surface area (Å²) in [7, 11) is 0. The van der Waals surface area contributed by atoms with Crippen molar-refractivity contribution < 1.29 is 17.9 Å². The van der Waals surface area contributed by atoms with E-state index in [4.69, 9.17) is 5.73 Å². The minimum atomic E-state index is -4.71. The quantitative estimate of drug-likeness (QED) is 0.824. The Morgan fingerprint density at radius 3 is 2.50 bits per heavy atom. The number of thiocarbonyl (C=S) groups is 1. The van der Waals surface area contributed by atoms with Gasteiger partial charge in [0, 0.05) is 4.47 Å². The summed E-state index contributed by atoms with van der Waals surface area (Å²) in [5.74, 6) is -0.326. The lowest BCUT2D eigenvalue weighted by Gasteiger charge is -2.11. The normalized spacial score (nSPS) is 11.0. The summed E-state index contributed by atoms with van der Waals surface area (Å²) in [6.45, 7) is 0. The fourth-order valence-corrected chi connectivity index (χ4v) is 1.49. The van der Waals surface area contributed by atoms with Crippen LogP contribution in [0.2, 0.25) is 0 Å². The highest BCUT2D eigenvalue weighted by Gasteiger charge is 2.31. The van der Waals surface area contributed by atoms with Crippen LogP contribution in [0.3, 0.4) is 0 Å². The van der Waals surface area contributed by atoms with Gasteiger partial charge in [-0.25, -0.2) is 0 Å². The first-order chi connectivity index (χ1) is 7.28. The number of halogens is 4. The average Bonchev–Trinajstić information content (AvgIpc) is 2.06. The second kappa shape index (κ2) is 4.88. The summed E-state index contributed by atoms with van der Waals surface area (Å²) in [6, 6.07) is 3.68. The van der Waals surface area contributed by atoms with Crippen LogP contribution in [0.5, 0.6) is 5.75 Å². The number of hydrogen-bond donors (Lipinski definition) is 2. The Bertz CT molecular complexity index is 411. The van der Waals surface area contributed by atoms with Gasteiger partial charge in [-0.15, -0.1) is 13.2 Å². The number of hydrogen-bond acceptors (Lipinski definition) is 2. The van der Waals surface area contributed by atoms with Crippen molar-refractivity contribution in [1.29, 1.82) is 0 Å². The molecule has 0 radical (unpaired) electrons. The Hall–Kier alpha value is -1.02. The molecule has 0 aliphatic rings. The fourth-order valence-electron chi connectivity index (χ4n) is 0.927. The van der Waals surface area contributed by atoms with Gasteiger partial charge in [0.05, 0.1) is 5.69 Å². The Labute approximate surface area is 103 Å². The van der Waals surface area contributed by atoms with Crippen LogP contribution in [0.25, 0.3) is 0 Å². The average molecular weight is 315 g/mol. The number of benzene rings is 1. The monoisotopic (exact) mass is 314 g/mol. The van der Waals surface area contributed by atoms with Gasteiger partial charge in [-0.05, 0) is 46.3 Å². The summed E-state index contributed by atoms with van der Waals surface area (Å²) in [5.41, 5.74) is 5.68. The molecule has 0 heterocycles. The van der Waals surface area contributed by atoms with Crippen LogP contribution in [0, 0.1) is 0 Å². The zero-order valence-corrected chi connectivity index (χ0v) is 10.0. The van der Waals surface area contributed by atoms with Crippen LogP contribution in [0.15, 0.2) is 22.7 Å². The van der Waals surface area contributed by atoms with Gasteiger partial charge in [-0.3, -0.25) is 0 Å². The van der Waals surface area contributed by atoms with Gasteiger partial charge in [0.2, 0.25) is 0 Å². The maximum absolute atomic E-state index is 11.9. The summed E-state index contributed by atoms with van der Waals surface area (Å²) >= 11 is 7.65. The maximum atomic E-state index is 11.9. The van der Waals surface area contributed by atoms with Crippen molar-refractivity contribution in [3.63, 3.8) is 0 Å². The smallest absolute Gasteiger partial charge is 0.406 e. The number of anilines is 1. The van der Waals surface area contributed by atoms with Crippen molar-refractivity contribution in [3.8, 4) is 5.75 Å². The van der Waals surface area contributed by atoms with Gasteiger partial charge in [-0.1, -0.05) is 0 Å². The lowest BCUT2D eigenvalue weighted by Crippen LogP contribution is -2.19. The summed E-state index contributed by atoms with van der Waals surface area (Å²) in [6.07, 6.45) is -4.71. The molecule has 1 aromatic rings. The molecule has 0 saturated carbocycles. The molecule has 1 aromatic carbocycles. The second-order valence-corrected chi connectivity index (χ2v) is 3.97. The molecule has 0 fully saturated rings. The molecule has 0 bridgehead atoms. The van der Waals surface area contributed by atoms with Crippen molar-refractivity contribution in [2.45, 2.75) is 6.36 Å². The van der Waals surface area contributed by atoms with Crippen molar-refractivity contribution in [1.82, 2.24) is 0 Å². The second-order valence-electron chi connectivity index (χ2n) is 2.68. The first-order valence-electron chi connectivity index (χ1n) is 3.90.